The van der Waals surface area contributed by atoms with E-state index in [4.69, 9.17) is 10.4 Å². The molecular formula is C7H4N2O3. The van der Waals surface area contributed by atoms with Gasteiger partial charge in [-0.15, -0.1) is 0 Å². The first kappa shape index (κ1) is 8.01. The van der Waals surface area contributed by atoms with Gasteiger partial charge in [-0.3, -0.25) is 4.79 Å². The second-order valence-electron chi connectivity index (χ2n) is 2.03. The number of aromatic carboxylic acids is 1. The van der Waals surface area contributed by atoms with Crippen molar-refractivity contribution < 1.29 is 9.90 Å². The number of aromatic amines is 1. The number of hydrogen-bond donors (Lipinski definition) is 2. The van der Waals surface area contributed by atoms with Gasteiger partial charge < -0.3 is 10.1 Å². The van der Waals surface area contributed by atoms with E-state index in [0.717, 1.165) is 6.07 Å². The van der Waals surface area contributed by atoms with Gasteiger partial charge in [-0.1, -0.05) is 0 Å². The van der Waals surface area contributed by atoms with E-state index < -0.39 is 11.5 Å². The summed E-state index contributed by atoms with van der Waals surface area (Å²) in [4.78, 5) is 23.1. The zero-order valence-electron chi connectivity index (χ0n) is 5.87. The second-order valence-corrected chi connectivity index (χ2v) is 2.03. The molecule has 1 aromatic rings. The van der Waals surface area contributed by atoms with E-state index >= 15 is 0 Å². The number of H-pyrrole nitrogens is 1. The van der Waals surface area contributed by atoms with Crippen LogP contribution in [0.2, 0.25) is 0 Å². The molecule has 0 saturated heterocycles. The number of hydrogen-bond acceptors (Lipinski definition) is 3. The van der Waals surface area contributed by atoms with Crippen LogP contribution in [0.3, 0.4) is 0 Å². The van der Waals surface area contributed by atoms with Crippen LogP contribution in [-0.2, 0) is 0 Å². The number of pyridine rings is 1. The summed E-state index contributed by atoms with van der Waals surface area (Å²) in [5.74, 6) is -1.32. The maximum Gasteiger partial charge on any atom is 0.353 e. The molecule has 0 fully saturated rings. The zero-order chi connectivity index (χ0) is 9.14. The van der Waals surface area contributed by atoms with Crippen molar-refractivity contribution in [1.29, 1.82) is 5.26 Å². The van der Waals surface area contributed by atoms with Gasteiger partial charge in [0.2, 0.25) is 5.56 Å². The Morgan fingerprint density at radius 1 is 1.58 bits per heavy atom. The van der Waals surface area contributed by atoms with Crippen molar-refractivity contribution in [3.05, 3.63) is 33.7 Å². The van der Waals surface area contributed by atoms with Gasteiger partial charge in [-0.05, 0) is 6.07 Å². The lowest BCUT2D eigenvalue weighted by molar-refractivity contribution is 0.0690. The monoisotopic (exact) mass is 164 g/mol. The minimum absolute atomic E-state index is 0.0536. The molecule has 12 heavy (non-hydrogen) atoms. The number of nitrogens with zero attached hydrogens (tertiary/aromatic N) is 1. The standard InChI is InChI=1S/C7H4N2O3/c8-3-4-1-2-5(10)9-6(4)7(11)12/h1-2H,(H,9,10)(H,11,12). The largest absolute Gasteiger partial charge is 0.477 e. The predicted octanol–water partition coefficient (Wildman–Crippen LogP) is -0.0552. The number of aromatic nitrogens is 1. The minimum atomic E-state index is -1.32. The molecule has 1 aromatic heterocycles. The molecule has 0 atom stereocenters. The topological polar surface area (TPSA) is 94.0 Å². The Morgan fingerprint density at radius 3 is 2.75 bits per heavy atom. The fourth-order valence-electron chi connectivity index (χ4n) is 0.736. The lowest BCUT2D eigenvalue weighted by Crippen LogP contribution is -2.13. The van der Waals surface area contributed by atoms with E-state index in [0.29, 0.717) is 0 Å². The molecule has 5 nitrogen and oxygen atoms in total. The van der Waals surface area contributed by atoms with Crippen LogP contribution in [0.15, 0.2) is 16.9 Å². The van der Waals surface area contributed by atoms with Crippen LogP contribution in [0.1, 0.15) is 16.1 Å². The summed E-state index contributed by atoms with van der Waals surface area (Å²) in [6, 6.07) is 3.92. The number of nitriles is 1. The maximum absolute atomic E-state index is 10.6. The van der Waals surface area contributed by atoms with Gasteiger partial charge >= 0.3 is 5.97 Å². The number of carbonyl (C=O) groups is 1. The molecule has 0 radical (unpaired) electrons. The molecule has 60 valence electrons. The van der Waals surface area contributed by atoms with E-state index in [1.165, 1.54) is 6.07 Å². The SMILES string of the molecule is N#Cc1ccc(=O)[nH]c1C(=O)O. The van der Waals surface area contributed by atoms with Crippen molar-refractivity contribution in [2.45, 2.75) is 0 Å². The first-order chi connectivity index (χ1) is 5.65. The minimum Gasteiger partial charge on any atom is -0.477 e. The molecule has 0 spiro atoms. The van der Waals surface area contributed by atoms with Gasteiger partial charge in [-0.2, -0.15) is 5.26 Å². The molecule has 0 amide bonds. The fraction of sp³-hybridized carbons (Fsp3) is 0. The molecule has 0 unspecified atom stereocenters. The average Bonchev–Trinajstić information content (AvgIpc) is 2.04. The second kappa shape index (κ2) is 2.88. The molecule has 0 saturated carbocycles. The normalized spacial score (nSPS) is 8.92. The third kappa shape index (κ3) is 1.32. The zero-order valence-corrected chi connectivity index (χ0v) is 5.87. The maximum atomic E-state index is 10.6. The van der Waals surface area contributed by atoms with Crippen molar-refractivity contribution in [2.24, 2.45) is 0 Å². The summed E-state index contributed by atoms with van der Waals surface area (Å²) < 4.78 is 0. The first-order valence-electron chi connectivity index (χ1n) is 3.02. The Kier molecular flexibility index (Phi) is 1.92. The Balaban J connectivity index is 3.44. The van der Waals surface area contributed by atoms with E-state index in [2.05, 4.69) is 0 Å². The highest BCUT2D eigenvalue weighted by atomic mass is 16.4. The van der Waals surface area contributed by atoms with Crippen molar-refractivity contribution >= 4 is 5.97 Å². The smallest absolute Gasteiger partial charge is 0.353 e. The molecule has 0 aliphatic rings. The number of carboxylic acid groups (broad SMARTS) is 1. The quantitative estimate of drug-likeness (QED) is 0.608. The van der Waals surface area contributed by atoms with Gasteiger partial charge in [0.1, 0.15) is 11.8 Å². The van der Waals surface area contributed by atoms with Crippen molar-refractivity contribution in [3.63, 3.8) is 0 Å². The van der Waals surface area contributed by atoms with Crippen LogP contribution < -0.4 is 5.56 Å². The van der Waals surface area contributed by atoms with E-state index in [-0.39, 0.29) is 11.3 Å². The molecule has 1 rings (SSSR count). The molecule has 5 heteroatoms. The highest BCUT2D eigenvalue weighted by Gasteiger charge is 2.09. The molecule has 0 aliphatic carbocycles. The van der Waals surface area contributed by atoms with Crippen molar-refractivity contribution in [1.82, 2.24) is 4.98 Å². The van der Waals surface area contributed by atoms with Crippen LogP contribution in [0, 0.1) is 11.3 Å². The van der Waals surface area contributed by atoms with Crippen LogP contribution in [0.5, 0.6) is 0 Å². The summed E-state index contributed by atoms with van der Waals surface area (Å²) in [6.07, 6.45) is 0. The Labute approximate surface area is 66.9 Å². The van der Waals surface area contributed by atoms with Gasteiger partial charge in [0.05, 0.1) is 5.56 Å². The summed E-state index contributed by atoms with van der Waals surface area (Å²) in [7, 11) is 0. The number of rotatable bonds is 1. The van der Waals surface area contributed by atoms with Crippen LogP contribution in [0.25, 0.3) is 0 Å². The lowest BCUT2D eigenvalue weighted by Gasteiger charge is -1.94. The molecular weight excluding hydrogens is 160 g/mol. The molecule has 2 N–H and O–H groups in total. The Bertz CT molecular complexity index is 413. The lowest BCUT2D eigenvalue weighted by atomic mass is 10.2. The molecule has 1 heterocycles. The van der Waals surface area contributed by atoms with E-state index in [1.54, 1.807) is 6.07 Å². The van der Waals surface area contributed by atoms with Gasteiger partial charge in [-0.25, -0.2) is 4.79 Å². The van der Waals surface area contributed by atoms with Crippen molar-refractivity contribution in [3.8, 4) is 6.07 Å². The predicted molar refractivity (Wildman–Crippen MR) is 38.7 cm³/mol. The van der Waals surface area contributed by atoms with Gasteiger partial charge in [0.25, 0.3) is 0 Å². The summed E-state index contributed by atoms with van der Waals surface area (Å²) >= 11 is 0. The van der Waals surface area contributed by atoms with E-state index in [9.17, 15) is 9.59 Å². The Morgan fingerprint density at radius 2 is 2.25 bits per heavy atom. The van der Waals surface area contributed by atoms with Crippen molar-refractivity contribution in [2.75, 3.05) is 0 Å². The fourth-order valence-corrected chi connectivity index (χ4v) is 0.736. The van der Waals surface area contributed by atoms with Crippen LogP contribution in [0.4, 0.5) is 0 Å². The van der Waals surface area contributed by atoms with E-state index in [1.807, 2.05) is 4.98 Å². The third-order valence-electron chi connectivity index (χ3n) is 1.25. The highest BCUT2D eigenvalue weighted by molar-refractivity contribution is 5.88. The number of nitrogens with one attached hydrogen (secondary N) is 1. The van der Waals surface area contributed by atoms with Gasteiger partial charge in [0.15, 0.2) is 0 Å². The third-order valence-corrected chi connectivity index (χ3v) is 1.25. The Hall–Kier alpha value is -2.09. The highest BCUT2D eigenvalue weighted by Crippen LogP contribution is 1.99. The molecule has 0 bridgehead atoms. The average molecular weight is 164 g/mol. The first-order valence-corrected chi connectivity index (χ1v) is 3.02. The molecule has 0 aromatic carbocycles. The summed E-state index contributed by atoms with van der Waals surface area (Å²) in [6.45, 7) is 0. The van der Waals surface area contributed by atoms with Crippen LogP contribution >= 0.6 is 0 Å². The number of carboxylic acids is 1. The summed E-state index contributed by atoms with van der Waals surface area (Å²) in [5.41, 5.74) is -0.960. The van der Waals surface area contributed by atoms with Crippen LogP contribution in [-0.4, -0.2) is 16.1 Å². The molecule has 0 aliphatic heterocycles. The van der Waals surface area contributed by atoms with Gasteiger partial charge in [0, 0.05) is 6.07 Å². The summed E-state index contributed by atoms with van der Waals surface area (Å²) in [5, 5.41) is 16.9.